The van der Waals surface area contributed by atoms with Crippen LogP contribution in [0.4, 0.5) is 21.8 Å². The van der Waals surface area contributed by atoms with Crippen molar-refractivity contribution in [1.29, 1.82) is 0 Å². The highest BCUT2D eigenvalue weighted by Crippen LogP contribution is 2.22. The molecule has 7 nitrogen and oxygen atoms in total. The highest BCUT2D eigenvalue weighted by atomic mass is 19.1. The number of halogens is 1. The van der Waals surface area contributed by atoms with Gasteiger partial charge < -0.3 is 20.3 Å². The van der Waals surface area contributed by atoms with Crippen LogP contribution in [-0.2, 0) is 4.79 Å². The second-order valence-electron chi connectivity index (χ2n) is 6.22. The summed E-state index contributed by atoms with van der Waals surface area (Å²) in [5.74, 6) is 0.397. The molecular weight excluding hydrogens is 349 g/mol. The number of anilines is 3. The van der Waals surface area contributed by atoms with E-state index in [2.05, 4.69) is 27.2 Å². The van der Waals surface area contributed by atoms with Gasteiger partial charge in [0.15, 0.2) is 11.6 Å². The summed E-state index contributed by atoms with van der Waals surface area (Å²) in [5, 5.41) is 6.12. The molecule has 1 aliphatic rings. The Balaban J connectivity index is 1.71. The van der Waals surface area contributed by atoms with Crippen molar-refractivity contribution in [1.82, 2.24) is 14.9 Å². The predicted molar refractivity (Wildman–Crippen MR) is 102 cm³/mol. The van der Waals surface area contributed by atoms with Crippen molar-refractivity contribution >= 4 is 23.4 Å². The van der Waals surface area contributed by atoms with Crippen molar-refractivity contribution in [3.05, 3.63) is 48.9 Å². The molecule has 2 aromatic rings. The Morgan fingerprint density at radius 3 is 3.11 bits per heavy atom. The van der Waals surface area contributed by atoms with Crippen LogP contribution in [0.25, 0.3) is 0 Å². The Labute approximate surface area is 157 Å². The lowest BCUT2D eigenvalue weighted by molar-refractivity contribution is -0.127. The topological polar surface area (TPSA) is 79.4 Å². The molecule has 0 spiro atoms. The number of piperidine rings is 1. The maximum absolute atomic E-state index is 14.2. The minimum atomic E-state index is -0.543. The standard InChI is InChI=1S/C19H22FN5O2/c1-3-17(26)25-9-5-7-14(12-25)22-18-16(20)11-21-19(24-18)23-13-6-4-8-15(10-13)27-2/h3-4,6,8,10-11,14H,1,5,7,9,12H2,2H3,(H2,21,22,23,24)/t14-/m0/s1. The molecule has 2 N–H and O–H groups in total. The van der Waals surface area contributed by atoms with Crippen molar-refractivity contribution in [3.63, 3.8) is 0 Å². The van der Waals surface area contributed by atoms with Crippen molar-refractivity contribution in [2.45, 2.75) is 18.9 Å². The summed E-state index contributed by atoms with van der Waals surface area (Å²) in [6.07, 6.45) is 4.07. The number of carbonyl (C=O) groups is 1. The summed E-state index contributed by atoms with van der Waals surface area (Å²) < 4.78 is 19.4. The number of benzene rings is 1. The second-order valence-corrected chi connectivity index (χ2v) is 6.22. The van der Waals surface area contributed by atoms with Crippen LogP contribution in [0.5, 0.6) is 5.75 Å². The van der Waals surface area contributed by atoms with Crippen LogP contribution in [0, 0.1) is 5.82 Å². The van der Waals surface area contributed by atoms with Gasteiger partial charge in [0.1, 0.15) is 5.75 Å². The van der Waals surface area contributed by atoms with Crippen LogP contribution in [-0.4, -0.2) is 47.0 Å². The van der Waals surface area contributed by atoms with Crippen molar-refractivity contribution in [2.24, 2.45) is 0 Å². The van der Waals surface area contributed by atoms with Gasteiger partial charge in [-0.15, -0.1) is 0 Å². The Hall–Kier alpha value is -3.16. The Bertz CT molecular complexity index is 829. The lowest BCUT2D eigenvalue weighted by atomic mass is 10.1. The van der Waals surface area contributed by atoms with E-state index >= 15 is 0 Å². The largest absolute Gasteiger partial charge is 0.497 e. The lowest BCUT2D eigenvalue weighted by Gasteiger charge is -2.32. The molecular formula is C19H22FN5O2. The van der Waals surface area contributed by atoms with Gasteiger partial charge in [0.2, 0.25) is 11.9 Å². The van der Waals surface area contributed by atoms with Gasteiger partial charge >= 0.3 is 0 Å². The zero-order valence-electron chi connectivity index (χ0n) is 15.1. The van der Waals surface area contributed by atoms with Gasteiger partial charge in [-0.3, -0.25) is 4.79 Å². The quantitative estimate of drug-likeness (QED) is 0.760. The van der Waals surface area contributed by atoms with E-state index in [1.807, 2.05) is 18.2 Å². The van der Waals surface area contributed by atoms with Crippen LogP contribution in [0.15, 0.2) is 43.1 Å². The summed E-state index contributed by atoms with van der Waals surface area (Å²) in [6.45, 7) is 4.67. The third-order valence-corrected chi connectivity index (χ3v) is 4.32. The van der Waals surface area contributed by atoms with E-state index in [1.165, 1.54) is 6.08 Å². The number of carbonyl (C=O) groups excluding carboxylic acids is 1. The average Bonchev–Trinajstić information content (AvgIpc) is 2.70. The number of rotatable bonds is 6. The molecule has 27 heavy (non-hydrogen) atoms. The van der Waals surface area contributed by atoms with Crippen LogP contribution in [0.2, 0.25) is 0 Å². The molecule has 1 saturated heterocycles. The highest BCUT2D eigenvalue weighted by molar-refractivity contribution is 5.87. The van der Waals surface area contributed by atoms with E-state index in [0.29, 0.717) is 18.8 Å². The molecule has 0 unspecified atom stereocenters. The number of aromatic nitrogens is 2. The fourth-order valence-electron chi connectivity index (χ4n) is 2.98. The highest BCUT2D eigenvalue weighted by Gasteiger charge is 2.23. The van der Waals surface area contributed by atoms with Crippen molar-refractivity contribution in [3.8, 4) is 5.75 Å². The maximum atomic E-state index is 14.2. The minimum Gasteiger partial charge on any atom is -0.497 e. The van der Waals surface area contributed by atoms with E-state index in [1.54, 1.807) is 18.1 Å². The number of amides is 1. The smallest absolute Gasteiger partial charge is 0.246 e. The average molecular weight is 371 g/mol. The molecule has 1 aliphatic heterocycles. The molecule has 1 aromatic heterocycles. The summed E-state index contributed by atoms with van der Waals surface area (Å²) in [6, 6.07) is 7.19. The molecule has 1 amide bonds. The molecule has 1 aromatic carbocycles. The van der Waals surface area contributed by atoms with Gasteiger partial charge in [0, 0.05) is 30.9 Å². The van der Waals surface area contributed by atoms with Crippen LogP contribution >= 0.6 is 0 Å². The number of nitrogens with one attached hydrogen (secondary N) is 2. The zero-order valence-corrected chi connectivity index (χ0v) is 15.1. The number of likely N-dealkylation sites (tertiary alicyclic amines) is 1. The number of ether oxygens (including phenoxy) is 1. The van der Waals surface area contributed by atoms with Gasteiger partial charge in [0.05, 0.1) is 13.3 Å². The van der Waals surface area contributed by atoms with Crippen LogP contribution < -0.4 is 15.4 Å². The normalized spacial score (nSPS) is 16.5. The van der Waals surface area contributed by atoms with Crippen molar-refractivity contribution < 1.29 is 13.9 Å². The fourth-order valence-corrected chi connectivity index (χ4v) is 2.98. The SMILES string of the molecule is C=CC(=O)N1CCC[C@H](Nc2nc(Nc3cccc(OC)c3)ncc2F)C1. The van der Waals surface area contributed by atoms with Crippen LogP contribution in [0.3, 0.4) is 0 Å². The molecule has 0 aliphatic carbocycles. The Morgan fingerprint density at radius 1 is 1.48 bits per heavy atom. The second kappa shape index (κ2) is 8.48. The number of hydrogen-bond acceptors (Lipinski definition) is 6. The molecule has 0 bridgehead atoms. The Kier molecular flexibility index (Phi) is 5.85. The van der Waals surface area contributed by atoms with Gasteiger partial charge in [0.25, 0.3) is 0 Å². The molecule has 2 heterocycles. The first kappa shape index (κ1) is 18.6. The van der Waals surface area contributed by atoms with E-state index in [0.717, 1.165) is 24.7 Å². The molecule has 0 saturated carbocycles. The maximum Gasteiger partial charge on any atom is 0.246 e. The molecule has 0 radical (unpaired) electrons. The van der Waals surface area contributed by atoms with Gasteiger partial charge in [-0.05, 0) is 31.1 Å². The Morgan fingerprint density at radius 2 is 2.33 bits per heavy atom. The van der Waals surface area contributed by atoms with Gasteiger partial charge in [-0.25, -0.2) is 9.37 Å². The predicted octanol–water partition coefficient (Wildman–Crippen LogP) is 2.96. The van der Waals surface area contributed by atoms with Gasteiger partial charge in [-0.2, -0.15) is 4.98 Å². The fraction of sp³-hybridized carbons (Fsp3) is 0.316. The third kappa shape index (κ3) is 4.72. The van der Waals surface area contributed by atoms with Gasteiger partial charge in [-0.1, -0.05) is 12.6 Å². The number of hydrogen-bond donors (Lipinski definition) is 2. The first-order valence-corrected chi connectivity index (χ1v) is 8.70. The third-order valence-electron chi connectivity index (χ3n) is 4.32. The molecule has 3 rings (SSSR count). The molecule has 8 heteroatoms. The molecule has 1 fully saturated rings. The van der Waals surface area contributed by atoms with Crippen LogP contribution in [0.1, 0.15) is 12.8 Å². The molecule has 142 valence electrons. The monoisotopic (exact) mass is 371 g/mol. The summed E-state index contributed by atoms with van der Waals surface area (Å²) in [7, 11) is 1.58. The lowest BCUT2D eigenvalue weighted by Crippen LogP contribution is -2.44. The van der Waals surface area contributed by atoms with E-state index in [4.69, 9.17) is 4.74 Å². The van der Waals surface area contributed by atoms with E-state index in [-0.39, 0.29) is 23.7 Å². The van der Waals surface area contributed by atoms with E-state index in [9.17, 15) is 9.18 Å². The summed E-state index contributed by atoms with van der Waals surface area (Å²) in [5.41, 5.74) is 0.729. The summed E-state index contributed by atoms with van der Waals surface area (Å²) in [4.78, 5) is 21.7. The first-order chi connectivity index (χ1) is 13.1. The first-order valence-electron chi connectivity index (χ1n) is 8.70. The number of methoxy groups -OCH3 is 1. The number of nitrogens with zero attached hydrogens (tertiary/aromatic N) is 3. The van der Waals surface area contributed by atoms with Crippen molar-refractivity contribution in [2.75, 3.05) is 30.8 Å². The van der Waals surface area contributed by atoms with E-state index < -0.39 is 5.82 Å². The summed E-state index contributed by atoms with van der Waals surface area (Å²) >= 11 is 0. The minimum absolute atomic E-state index is 0.0864. The molecule has 1 atom stereocenters. The zero-order chi connectivity index (χ0) is 19.2.